The van der Waals surface area contributed by atoms with Gasteiger partial charge in [-0.2, -0.15) is 0 Å². The molecule has 2 rings (SSSR count). The molecule has 0 radical (unpaired) electrons. The van der Waals surface area contributed by atoms with Gasteiger partial charge in [0.2, 0.25) is 0 Å². The molecule has 2 atom stereocenters. The van der Waals surface area contributed by atoms with E-state index in [1.165, 1.54) is 24.8 Å². The normalized spacial score (nSPS) is 25.9. The van der Waals surface area contributed by atoms with Crippen LogP contribution in [0.3, 0.4) is 0 Å². The zero-order valence-corrected chi connectivity index (χ0v) is 11.8. The summed E-state index contributed by atoms with van der Waals surface area (Å²) >= 11 is 3.67. The highest BCUT2D eigenvalue weighted by molar-refractivity contribution is 9.10. The van der Waals surface area contributed by atoms with E-state index in [2.05, 4.69) is 46.6 Å². The van der Waals surface area contributed by atoms with E-state index in [1.54, 1.807) is 0 Å². The summed E-state index contributed by atoms with van der Waals surface area (Å²) in [7, 11) is 0. The number of aryl methyl sites for hydroxylation is 1. The van der Waals surface area contributed by atoms with Gasteiger partial charge in [0.1, 0.15) is 5.82 Å². The fourth-order valence-corrected chi connectivity index (χ4v) is 2.98. The van der Waals surface area contributed by atoms with Gasteiger partial charge in [0, 0.05) is 18.3 Å². The molecule has 88 valence electrons. The van der Waals surface area contributed by atoms with E-state index in [0.29, 0.717) is 12.1 Å². The van der Waals surface area contributed by atoms with Gasteiger partial charge < -0.3 is 4.90 Å². The molecule has 1 fully saturated rings. The van der Waals surface area contributed by atoms with Gasteiger partial charge in [-0.1, -0.05) is 0 Å². The SMILES string of the molecule is Cc1ccnc(N2[C@H](C)CCC[C@@H]2C)c1Br. The molecule has 1 saturated heterocycles. The number of rotatable bonds is 1. The Morgan fingerprint density at radius 3 is 2.56 bits per heavy atom. The predicted octanol–water partition coefficient (Wildman–Crippen LogP) is 3.92. The molecule has 1 aliphatic rings. The number of anilines is 1. The first-order valence-corrected chi connectivity index (χ1v) is 6.80. The number of aromatic nitrogens is 1. The van der Waals surface area contributed by atoms with E-state index < -0.39 is 0 Å². The Bertz CT molecular complexity index is 368. The number of hydrogen-bond donors (Lipinski definition) is 0. The predicted molar refractivity (Wildman–Crippen MR) is 71.9 cm³/mol. The Hall–Kier alpha value is -0.570. The number of halogens is 1. The lowest BCUT2D eigenvalue weighted by Gasteiger charge is -2.40. The van der Waals surface area contributed by atoms with E-state index in [-0.39, 0.29) is 0 Å². The Balaban J connectivity index is 2.38. The second kappa shape index (κ2) is 4.74. The minimum Gasteiger partial charge on any atom is -0.350 e. The van der Waals surface area contributed by atoms with Gasteiger partial charge >= 0.3 is 0 Å². The second-order valence-electron chi connectivity index (χ2n) is 4.80. The Labute approximate surface area is 106 Å². The molecule has 16 heavy (non-hydrogen) atoms. The fraction of sp³-hybridized carbons (Fsp3) is 0.615. The first-order chi connectivity index (χ1) is 7.61. The molecule has 1 aromatic rings. The van der Waals surface area contributed by atoms with Crippen LogP contribution in [0, 0.1) is 6.92 Å². The molecule has 0 aromatic carbocycles. The van der Waals surface area contributed by atoms with Crippen molar-refractivity contribution in [2.45, 2.75) is 52.1 Å². The van der Waals surface area contributed by atoms with Crippen LogP contribution < -0.4 is 4.90 Å². The third-order valence-corrected chi connectivity index (χ3v) is 4.48. The average Bonchev–Trinajstić information content (AvgIpc) is 2.24. The molecular weight excluding hydrogens is 264 g/mol. The summed E-state index contributed by atoms with van der Waals surface area (Å²) in [6.07, 6.45) is 5.78. The lowest BCUT2D eigenvalue weighted by atomic mass is 9.97. The van der Waals surface area contributed by atoms with Gasteiger partial charge in [0.15, 0.2) is 0 Å². The zero-order valence-electron chi connectivity index (χ0n) is 10.2. The standard InChI is InChI=1S/C13H19BrN2/c1-9-7-8-15-13(12(9)14)16-10(2)5-4-6-11(16)3/h7-8,10-11H,4-6H2,1-3H3/t10-,11+. The lowest BCUT2D eigenvalue weighted by Crippen LogP contribution is -2.44. The van der Waals surface area contributed by atoms with Crippen molar-refractivity contribution in [1.82, 2.24) is 4.98 Å². The third kappa shape index (κ3) is 2.10. The van der Waals surface area contributed by atoms with Crippen molar-refractivity contribution in [3.63, 3.8) is 0 Å². The molecule has 1 aromatic heterocycles. The summed E-state index contributed by atoms with van der Waals surface area (Å²) in [6.45, 7) is 6.72. The highest BCUT2D eigenvalue weighted by atomic mass is 79.9. The Morgan fingerprint density at radius 2 is 1.94 bits per heavy atom. The summed E-state index contributed by atoms with van der Waals surface area (Å²) in [5.41, 5.74) is 1.26. The van der Waals surface area contributed by atoms with Crippen LogP contribution >= 0.6 is 15.9 Å². The van der Waals surface area contributed by atoms with Crippen molar-refractivity contribution in [1.29, 1.82) is 0 Å². The fourth-order valence-electron chi connectivity index (χ4n) is 2.54. The minimum absolute atomic E-state index is 0.592. The Kier molecular flexibility index (Phi) is 3.53. The molecule has 0 amide bonds. The highest BCUT2D eigenvalue weighted by Crippen LogP contribution is 2.33. The molecule has 0 bridgehead atoms. The van der Waals surface area contributed by atoms with E-state index in [4.69, 9.17) is 0 Å². The first kappa shape index (κ1) is 11.9. The zero-order chi connectivity index (χ0) is 11.7. The van der Waals surface area contributed by atoms with Gasteiger partial charge in [-0.25, -0.2) is 4.98 Å². The number of hydrogen-bond acceptors (Lipinski definition) is 2. The third-order valence-electron chi connectivity index (χ3n) is 3.50. The maximum Gasteiger partial charge on any atom is 0.143 e. The summed E-state index contributed by atoms with van der Waals surface area (Å²) in [5.74, 6) is 1.11. The summed E-state index contributed by atoms with van der Waals surface area (Å²) < 4.78 is 1.15. The van der Waals surface area contributed by atoms with E-state index in [0.717, 1.165) is 10.3 Å². The molecule has 0 spiro atoms. The maximum absolute atomic E-state index is 4.54. The maximum atomic E-state index is 4.54. The topological polar surface area (TPSA) is 16.1 Å². The van der Waals surface area contributed by atoms with Crippen molar-refractivity contribution >= 4 is 21.7 Å². The minimum atomic E-state index is 0.592. The molecular formula is C13H19BrN2. The lowest BCUT2D eigenvalue weighted by molar-refractivity contribution is 0.410. The van der Waals surface area contributed by atoms with Crippen LogP contribution in [-0.2, 0) is 0 Å². The monoisotopic (exact) mass is 282 g/mol. The van der Waals surface area contributed by atoms with Gasteiger partial charge in [0.05, 0.1) is 4.47 Å². The van der Waals surface area contributed by atoms with Gasteiger partial charge in [-0.05, 0) is 67.6 Å². The van der Waals surface area contributed by atoms with Crippen molar-refractivity contribution in [2.75, 3.05) is 4.90 Å². The van der Waals surface area contributed by atoms with E-state index >= 15 is 0 Å². The number of nitrogens with zero attached hydrogens (tertiary/aromatic N) is 2. The van der Waals surface area contributed by atoms with Gasteiger partial charge in [0.25, 0.3) is 0 Å². The average molecular weight is 283 g/mol. The first-order valence-electron chi connectivity index (χ1n) is 6.00. The molecule has 0 N–H and O–H groups in total. The smallest absolute Gasteiger partial charge is 0.143 e. The van der Waals surface area contributed by atoms with Crippen LogP contribution in [0.15, 0.2) is 16.7 Å². The number of piperidine rings is 1. The van der Waals surface area contributed by atoms with E-state index in [1.807, 2.05) is 12.3 Å². The summed E-state index contributed by atoms with van der Waals surface area (Å²) in [5, 5.41) is 0. The molecule has 0 saturated carbocycles. The van der Waals surface area contributed by atoms with Crippen LogP contribution in [-0.4, -0.2) is 17.1 Å². The van der Waals surface area contributed by atoms with Crippen LogP contribution in [0.4, 0.5) is 5.82 Å². The van der Waals surface area contributed by atoms with Crippen molar-refractivity contribution in [3.8, 4) is 0 Å². The molecule has 2 heterocycles. The van der Waals surface area contributed by atoms with Crippen molar-refractivity contribution in [3.05, 3.63) is 22.3 Å². The van der Waals surface area contributed by atoms with Crippen molar-refractivity contribution < 1.29 is 0 Å². The van der Waals surface area contributed by atoms with Gasteiger partial charge in [-0.15, -0.1) is 0 Å². The molecule has 2 nitrogen and oxygen atoms in total. The van der Waals surface area contributed by atoms with Gasteiger partial charge in [-0.3, -0.25) is 0 Å². The molecule has 0 unspecified atom stereocenters. The summed E-state index contributed by atoms with van der Waals surface area (Å²) in [4.78, 5) is 7.00. The number of pyridine rings is 1. The molecule has 3 heteroatoms. The largest absolute Gasteiger partial charge is 0.350 e. The van der Waals surface area contributed by atoms with E-state index in [9.17, 15) is 0 Å². The summed E-state index contributed by atoms with van der Waals surface area (Å²) in [6, 6.07) is 3.23. The van der Waals surface area contributed by atoms with Crippen LogP contribution in [0.2, 0.25) is 0 Å². The van der Waals surface area contributed by atoms with Crippen LogP contribution in [0.25, 0.3) is 0 Å². The van der Waals surface area contributed by atoms with Crippen LogP contribution in [0.5, 0.6) is 0 Å². The van der Waals surface area contributed by atoms with Crippen LogP contribution in [0.1, 0.15) is 38.7 Å². The molecule has 1 aliphatic heterocycles. The van der Waals surface area contributed by atoms with Crippen molar-refractivity contribution in [2.24, 2.45) is 0 Å². The quantitative estimate of drug-likeness (QED) is 0.776. The Morgan fingerprint density at radius 1 is 1.31 bits per heavy atom. The molecule has 0 aliphatic carbocycles. The highest BCUT2D eigenvalue weighted by Gasteiger charge is 2.27. The second-order valence-corrected chi connectivity index (χ2v) is 5.59.